The number of hydrogen-bond acceptors (Lipinski definition) is 18. The maximum absolute atomic E-state index is 13.5. The van der Waals surface area contributed by atoms with Crippen molar-refractivity contribution in [3.05, 3.63) is 109 Å². The monoisotopic (exact) mass is 1580 g/mol. The molecule has 17 atom stereocenters. The summed E-state index contributed by atoms with van der Waals surface area (Å²) in [6.45, 7) is 1.73. The van der Waals surface area contributed by atoms with Gasteiger partial charge in [-0.1, -0.05) is 361 Å². The van der Waals surface area contributed by atoms with Crippen LogP contribution in [0.5, 0.6) is 0 Å². The summed E-state index contributed by atoms with van der Waals surface area (Å²) in [6, 6.07) is -0.896. The van der Waals surface area contributed by atoms with Gasteiger partial charge in [0, 0.05) is 6.42 Å². The third-order valence-electron chi connectivity index (χ3n) is 21.9. The molecule has 19 nitrogen and oxygen atoms in total. The van der Waals surface area contributed by atoms with Crippen molar-refractivity contribution in [3.8, 4) is 0 Å². The molecule has 3 heterocycles. The zero-order valence-electron chi connectivity index (χ0n) is 69.9. The highest BCUT2D eigenvalue weighted by molar-refractivity contribution is 5.76. The predicted molar refractivity (Wildman–Crippen MR) is 452 cm³/mol. The number of rotatable bonds is 72. The molecule has 0 radical (unpaired) electrons. The third-order valence-corrected chi connectivity index (χ3v) is 21.9. The normalized spacial score (nSPS) is 25.5. The van der Waals surface area contributed by atoms with Crippen LogP contribution in [0.3, 0.4) is 0 Å². The lowest BCUT2D eigenvalue weighted by atomic mass is 9.96. The summed E-state index contributed by atoms with van der Waals surface area (Å²) in [5.41, 5.74) is 0. The molecule has 0 aromatic carbocycles. The fourth-order valence-corrected chi connectivity index (χ4v) is 14.7. The Morgan fingerprint density at radius 3 is 0.964 bits per heavy atom. The minimum Gasteiger partial charge on any atom is -0.394 e. The first-order valence-corrected chi connectivity index (χ1v) is 45.1. The molecule has 648 valence electrons. The van der Waals surface area contributed by atoms with E-state index in [9.17, 15) is 61.0 Å². The smallest absolute Gasteiger partial charge is 0.220 e. The van der Waals surface area contributed by atoms with Crippen molar-refractivity contribution < 1.29 is 89.4 Å². The second kappa shape index (κ2) is 71.5. The molecule has 19 heteroatoms. The second-order valence-corrected chi connectivity index (χ2v) is 31.7. The molecule has 0 bridgehead atoms. The summed E-state index contributed by atoms with van der Waals surface area (Å²) in [5, 5.41) is 121. The van der Waals surface area contributed by atoms with E-state index in [0.29, 0.717) is 12.8 Å². The molecule has 3 saturated heterocycles. The summed E-state index contributed by atoms with van der Waals surface area (Å²) < 4.78 is 34.6. The van der Waals surface area contributed by atoms with E-state index in [1.54, 1.807) is 0 Å². The summed E-state index contributed by atoms with van der Waals surface area (Å²) in [5.74, 6) is -0.243. The Labute approximate surface area is 678 Å². The van der Waals surface area contributed by atoms with Gasteiger partial charge in [-0.2, -0.15) is 0 Å². The van der Waals surface area contributed by atoms with Gasteiger partial charge >= 0.3 is 0 Å². The van der Waals surface area contributed by atoms with E-state index in [1.807, 2.05) is 0 Å². The van der Waals surface area contributed by atoms with E-state index in [-0.39, 0.29) is 18.9 Å². The lowest BCUT2D eigenvalue weighted by Gasteiger charge is -2.48. The molecule has 0 aliphatic carbocycles. The minimum atomic E-state index is -1.98. The Balaban J connectivity index is 1.31. The van der Waals surface area contributed by atoms with Crippen molar-refractivity contribution in [1.82, 2.24) is 5.32 Å². The summed E-state index contributed by atoms with van der Waals surface area (Å²) >= 11 is 0. The minimum absolute atomic E-state index is 0.243. The summed E-state index contributed by atoms with van der Waals surface area (Å²) in [6.07, 6.45) is 73.2. The Morgan fingerprint density at radius 2 is 0.616 bits per heavy atom. The molecule has 17 unspecified atom stereocenters. The molecule has 0 aromatic rings. The number of hydrogen-bond donors (Lipinski definition) is 12. The van der Waals surface area contributed by atoms with Crippen molar-refractivity contribution in [3.63, 3.8) is 0 Å². The standard InChI is InChI=1S/C93H163NO18/c1-3-5-7-9-11-13-15-17-19-21-23-25-27-29-31-32-33-34-35-36-37-38-39-40-41-42-43-44-45-47-49-51-53-55-57-59-61-63-65-67-69-71-81(99)94-76(77(98)70-68-66-64-62-60-58-56-54-52-50-48-46-30-28-26-24-22-20-18-16-14-12-10-8-6-4-2)75-107-91-87(105)84(102)89(79(73-96)109-91)112-93-88(106)85(103)90(80(74-97)110-93)111-92-86(104)83(101)82(100)78(72-95)108-92/h5,7,11,13,17,19,23,25,29,31,33-34,36-37,39-40,42-43,76-80,82-93,95-98,100-106H,3-4,6,8-10,12,14-16,18,20-22,24,26-28,30,32,35,38,41,44-75H2,1-2H3,(H,94,99)/b7-5-,13-11-,19-17-,25-23-,31-29-,34-33-,37-36-,40-39-,43-42-. The number of aliphatic hydroxyl groups excluding tert-OH is 11. The first-order chi connectivity index (χ1) is 54.8. The van der Waals surface area contributed by atoms with E-state index < -0.39 is 124 Å². The second-order valence-electron chi connectivity index (χ2n) is 31.7. The lowest BCUT2D eigenvalue weighted by molar-refractivity contribution is -0.379. The molecule has 12 N–H and O–H groups in total. The van der Waals surface area contributed by atoms with Crippen LogP contribution in [0.25, 0.3) is 0 Å². The van der Waals surface area contributed by atoms with Crippen molar-refractivity contribution >= 4 is 5.91 Å². The Morgan fingerprint density at radius 1 is 0.330 bits per heavy atom. The maximum atomic E-state index is 13.5. The van der Waals surface area contributed by atoms with Crippen LogP contribution >= 0.6 is 0 Å². The van der Waals surface area contributed by atoms with Crippen LogP contribution in [0.1, 0.15) is 341 Å². The van der Waals surface area contributed by atoms with Gasteiger partial charge in [0.25, 0.3) is 0 Å². The zero-order valence-corrected chi connectivity index (χ0v) is 69.9. The Hall–Kier alpha value is -3.55. The number of carbonyl (C=O) groups is 1. The molecule has 3 aliphatic rings. The first kappa shape index (κ1) is 103. The molecule has 0 saturated carbocycles. The molecule has 112 heavy (non-hydrogen) atoms. The van der Waals surface area contributed by atoms with Gasteiger partial charge in [0.05, 0.1) is 38.6 Å². The molecular weight excluding hydrogens is 1420 g/mol. The van der Waals surface area contributed by atoms with Gasteiger partial charge < -0.3 is 89.9 Å². The van der Waals surface area contributed by atoms with Gasteiger partial charge in [0.1, 0.15) is 73.2 Å². The number of carbonyl (C=O) groups excluding carboxylic acids is 1. The third kappa shape index (κ3) is 49.6. The van der Waals surface area contributed by atoms with Gasteiger partial charge in [-0.05, 0) is 83.5 Å². The highest BCUT2D eigenvalue weighted by Gasteiger charge is 2.54. The van der Waals surface area contributed by atoms with Crippen LogP contribution in [-0.4, -0.2) is 193 Å². The Kier molecular flexibility index (Phi) is 65.6. The SMILES string of the molecule is CC/C=C\C/C=C\C/C=C\C/C=C\C/C=C\C/C=C\C/C=C\C/C=C\C/C=C\CCCCCCCCCCCCCCCC(=O)NC(COC1OC(CO)C(OC2OC(CO)C(OC3OC(CO)C(O)C(O)C3O)C(O)C2O)C(O)C1O)C(O)CCCCCCCCCCCCCCCCCCCCCCCCCCCC. The molecule has 3 rings (SSSR count). The largest absolute Gasteiger partial charge is 0.394 e. The quantitative estimate of drug-likeness (QED) is 0.0199. The highest BCUT2D eigenvalue weighted by Crippen LogP contribution is 2.34. The fourth-order valence-electron chi connectivity index (χ4n) is 14.7. The summed E-state index contributed by atoms with van der Waals surface area (Å²) in [4.78, 5) is 13.5. The van der Waals surface area contributed by atoms with Crippen molar-refractivity contribution in [1.29, 1.82) is 0 Å². The van der Waals surface area contributed by atoms with Crippen LogP contribution in [0.2, 0.25) is 0 Å². The molecule has 1 amide bonds. The number of unbranched alkanes of at least 4 members (excludes halogenated alkanes) is 38. The van der Waals surface area contributed by atoms with Crippen LogP contribution in [-0.2, 0) is 33.2 Å². The fraction of sp³-hybridized carbons (Fsp3) is 0.796. The average Bonchev–Trinajstić information content (AvgIpc) is 0.781. The molecule has 0 aromatic heterocycles. The predicted octanol–water partition coefficient (Wildman–Crippen LogP) is 17.2. The maximum Gasteiger partial charge on any atom is 0.220 e. The number of allylic oxidation sites excluding steroid dienone is 18. The summed E-state index contributed by atoms with van der Waals surface area (Å²) in [7, 11) is 0. The van der Waals surface area contributed by atoms with Gasteiger partial charge in [0.15, 0.2) is 18.9 Å². The van der Waals surface area contributed by atoms with Crippen molar-refractivity contribution in [2.24, 2.45) is 0 Å². The number of ether oxygens (including phenoxy) is 6. The van der Waals surface area contributed by atoms with Gasteiger partial charge in [-0.15, -0.1) is 0 Å². The number of amides is 1. The highest BCUT2D eigenvalue weighted by atomic mass is 16.8. The van der Waals surface area contributed by atoms with E-state index in [4.69, 9.17) is 28.4 Å². The van der Waals surface area contributed by atoms with Crippen LogP contribution in [0, 0.1) is 0 Å². The van der Waals surface area contributed by atoms with Crippen molar-refractivity contribution in [2.45, 2.75) is 446 Å². The molecule has 0 spiro atoms. The van der Waals surface area contributed by atoms with E-state index in [2.05, 4.69) is 129 Å². The first-order valence-electron chi connectivity index (χ1n) is 45.1. The van der Waals surface area contributed by atoms with Crippen LogP contribution in [0.4, 0.5) is 0 Å². The molecule has 3 fully saturated rings. The van der Waals surface area contributed by atoms with Gasteiger partial charge in [-0.3, -0.25) is 4.79 Å². The lowest BCUT2D eigenvalue weighted by Crippen LogP contribution is -2.66. The molecule has 3 aliphatic heterocycles. The number of nitrogens with one attached hydrogen (secondary N) is 1. The average molecular weight is 1580 g/mol. The van der Waals surface area contributed by atoms with Crippen LogP contribution < -0.4 is 5.32 Å². The zero-order chi connectivity index (χ0) is 81.0. The Bertz CT molecular complexity index is 2450. The van der Waals surface area contributed by atoms with E-state index >= 15 is 0 Å². The topological polar surface area (TPSA) is 307 Å². The van der Waals surface area contributed by atoms with Gasteiger partial charge in [-0.25, -0.2) is 0 Å². The molecular formula is C93H163NO18. The van der Waals surface area contributed by atoms with Crippen LogP contribution in [0.15, 0.2) is 109 Å². The van der Waals surface area contributed by atoms with E-state index in [1.165, 1.54) is 199 Å². The van der Waals surface area contributed by atoms with E-state index in [0.717, 1.165) is 109 Å². The number of aliphatic hydroxyl groups is 11. The van der Waals surface area contributed by atoms with Crippen molar-refractivity contribution in [2.75, 3.05) is 26.4 Å². The van der Waals surface area contributed by atoms with Gasteiger partial charge in [0.2, 0.25) is 5.91 Å².